The second-order valence-electron chi connectivity index (χ2n) is 6.19. The normalized spacial score (nSPS) is 13.3. The van der Waals surface area contributed by atoms with Crippen molar-refractivity contribution in [2.75, 3.05) is 0 Å². The predicted octanol–water partition coefficient (Wildman–Crippen LogP) is 3.31. The van der Waals surface area contributed by atoms with Crippen molar-refractivity contribution in [3.63, 3.8) is 0 Å². The van der Waals surface area contributed by atoms with Gasteiger partial charge in [-0.15, -0.1) is 10.2 Å². The van der Waals surface area contributed by atoms with E-state index in [0.29, 0.717) is 17.0 Å². The second-order valence-corrected chi connectivity index (χ2v) is 6.19. The average Bonchev–Trinajstić information content (AvgIpc) is 3.12. The van der Waals surface area contributed by atoms with Crippen molar-refractivity contribution in [1.29, 1.82) is 0 Å². The topological polar surface area (TPSA) is 98.7 Å². The minimum atomic E-state index is -0.624. The Balaban J connectivity index is 1.72. The molecule has 0 bridgehead atoms. The van der Waals surface area contributed by atoms with Crippen LogP contribution in [0.3, 0.4) is 0 Å². The van der Waals surface area contributed by atoms with Crippen LogP contribution in [-0.2, 0) is 0 Å². The van der Waals surface area contributed by atoms with E-state index in [4.69, 9.17) is 4.42 Å². The van der Waals surface area contributed by atoms with Crippen LogP contribution in [0.15, 0.2) is 46.9 Å². The van der Waals surface area contributed by atoms with Crippen LogP contribution in [0.2, 0.25) is 0 Å². The van der Waals surface area contributed by atoms with Crippen LogP contribution in [0.5, 0.6) is 0 Å². The third kappa shape index (κ3) is 4.14. The predicted molar refractivity (Wildman–Crippen MR) is 91.5 cm³/mol. The van der Waals surface area contributed by atoms with Crippen molar-refractivity contribution in [2.45, 2.75) is 25.9 Å². The van der Waals surface area contributed by atoms with Gasteiger partial charge in [0.1, 0.15) is 17.7 Å². The Morgan fingerprint density at radius 1 is 1.07 bits per heavy atom. The third-order valence-corrected chi connectivity index (χ3v) is 4.19. The van der Waals surface area contributed by atoms with E-state index in [2.05, 4.69) is 10.2 Å². The molecule has 0 amide bonds. The molecule has 0 aliphatic rings. The van der Waals surface area contributed by atoms with Gasteiger partial charge in [0.2, 0.25) is 5.89 Å². The fourth-order valence-electron chi connectivity index (χ4n) is 2.75. The third-order valence-electron chi connectivity index (χ3n) is 4.19. The molecule has 2 aromatic carbocycles. The Bertz CT molecular complexity index is 959. The molecule has 1 aromatic heterocycles. The van der Waals surface area contributed by atoms with E-state index in [1.807, 2.05) is 12.2 Å². The van der Waals surface area contributed by atoms with Crippen molar-refractivity contribution in [3.05, 3.63) is 75.7 Å². The molecule has 27 heavy (non-hydrogen) atoms. The fraction of sp³-hybridized carbons (Fsp3) is 0.222. The van der Waals surface area contributed by atoms with E-state index in [1.54, 1.807) is 6.92 Å². The molecule has 3 rings (SSSR count). The first-order valence-corrected chi connectivity index (χ1v) is 8.23. The molecule has 3 aromatic rings. The Morgan fingerprint density at radius 2 is 1.78 bits per heavy atom. The molecule has 2 N–H and O–H groups in total. The van der Waals surface area contributed by atoms with Crippen LogP contribution in [0.4, 0.5) is 14.5 Å². The molecular formula is C18H17F2N4O3+. The smallest absolute Gasteiger partial charge is 0.274 e. The van der Waals surface area contributed by atoms with E-state index in [1.165, 1.54) is 36.4 Å². The number of quaternary nitrogens is 1. The number of non-ortho nitro benzene ring substituents is 1. The van der Waals surface area contributed by atoms with E-state index >= 15 is 0 Å². The molecule has 2 atom stereocenters. The number of nitrogens with zero attached hydrogens (tertiary/aromatic N) is 3. The monoisotopic (exact) mass is 375 g/mol. The number of rotatable bonds is 6. The van der Waals surface area contributed by atoms with Crippen LogP contribution in [0.25, 0.3) is 11.5 Å². The number of benzene rings is 2. The van der Waals surface area contributed by atoms with Crippen molar-refractivity contribution in [2.24, 2.45) is 0 Å². The fourth-order valence-corrected chi connectivity index (χ4v) is 2.75. The number of halogens is 2. The van der Waals surface area contributed by atoms with Crippen LogP contribution < -0.4 is 5.32 Å². The van der Waals surface area contributed by atoms with Gasteiger partial charge in [-0.2, -0.15) is 0 Å². The number of nitrogens with two attached hydrogens (primary N) is 1. The number of hydrogen-bond donors (Lipinski definition) is 1. The van der Waals surface area contributed by atoms with E-state index in [9.17, 15) is 18.9 Å². The first-order chi connectivity index (χ1) is 12.8. The molecule has 0 aliphatic carbocycles. The Kier molecular flexibility index (Phi) is 5.22. The average molecular weight is 375 g/mol. The zero-order chi connectivity index (χ0) is 19.6. The summed E-state index contributed by atoms with van der Waals surface area (Å²) in [5.41, 5.74) is 0.901. The molecule has 0 fully saturated rings. The largest absolute Gasteiger partial charge is 0.415 e. The van der Waals surface area contributed by atoms with E-state index < -0.39 is 16.6 Å². The van der Waals surface area contributed by atoms with E-state index in [-0.39, 0.29) is 23.7 Å². The lowest BCUT2D eigenvalue weighted by Crippen LogP contribution is -2.85. The summed E-state index contributed by atoms with van der Waals surface area (Å²) >= 11 is 0. The van der Waals surface area contributed by atoms with Gasteiger partial charge in [0.15, 0.2) is 6.04 Å². The number of aromatic nitrogens is 2. The van der Waals surface area contributed by atoms with Crippen molar-refractivity contribution >= 4 is 5.69 Å². The molecule has 9 heteroatoms. The molecule has 140 valence electrons. The van der Waals surface area contributed by atoms with Gasteiger partial charge >= 0.3 is 0 Å². The summed E-state index contributed by atoms with van der Waals surface area (Å²) in [4.78, 5) is 10.2. The first-order valence-electron chi connectivity index (χ1n) is 8.23. The highest BCUT2D eigenvalue weighted by molar-refractivity contribution is 5.55. The zero-order valence-corrected chi connectivity index (χ0v) is 14.6. The van der Waals surface area contributed by atoms with Crippen LogP contribution in [-0.4, -0.2) is 15.1 Å². The van der Waals surface area contributed by atoms with Gasteiger partial charge in [-0.05, 0) is 38.1 Å². The second kappa shape index (κ2) is 7.58. The minimum absolute atomic E-state index is 0.0321. The number of hydrogen-bond acceptors (Lipinski definition) is 5. The van der Waals surface area contributed by atoms with Crippen molar-refractivity contribution in [1.82, 2.24) is 10.2 Å². The Labute approximate surface area is 153 Å². The van der Waals surface area contributed by atoms with Crippen molar-refractivity contribution in [3.8, 4) is 11.5 Å². The molecule has 7 nitrogen and oxygen atoms in total. The minimum Gasteiger partial charge on any atom is -0.415 e. The lowest BCUT2D eigenvalue weighted by atomic mass is 10.1. The summed E-state index contributed by atoms with van der Waals surface area (Å²) in [7, 11) is 0. The van der Waals surface area contributed by atoms with Gasteiger partial charge in [-0.25, -0.2) is 8.78 Å². The molecule has 0 unspecified atom stereocenters. The molecule has 0 spiro atoms. The lowest BCUT2D eigenvalue weighted by molar-refractivity contribution is -0.730. The molecule has 0 saturated heterocycles. The van der Waals surface area contributed by atoms with Gasteiger partial charge in [0, 0.05) is 29.3 Å². The molecule has 1 heterocycles. The maximum absolute atomic E-state index is 13.9. The van der Waals surface area contributed by atoms with Crippen LogP contribution in [0.1, 0.15) is 37.4 Å². The van der Waals surface area contributed by atoms with E-state index in [0.717, 1.165) is 6.07 Å². The Hall–Kier alpha value is -3.20. The molecular weight excluding hydrogens is 358 g/mol. The van der Waals surface area contributed by atoms with Crippen LogP contribution >= 0.6 is 0 Å². The zero-order valence-electron chi connectivity index (χ0n) is 14.6. The number of nitro benzene ring substituents is 1. The maximum Gasteiger partial charge on any atom is 0.274 e. The summed E-state index contributed by atoms with van der Waals surface area (Å²) in [5, 5.41) is 20.5. The summed E-state index contributed by atoms with van der Waals surface area (Å²) in [6.07, 6.45) is 0. The number of nitro groups is 1. The first kappa shape index (κ1) is 18.6. The van der Waals surface area contributed by atoms with Gasteiger partial charge in [-0.1, -0.05) is 0 Å². The Morgan fingerprint density at radius 3 is 2.41 bits per heavy atom. The summed E-state index contributed by atoms with van der Waals surface area (Å²) in [5.74, 6) is -0.664. The highest BCUT2D eigenvalue weighted by Gasteiger charge is 2.23. The van der Waals surface area contributed by atoms with Gasteiger partial charge < -0.3 is 9.73 Å². The highest BCUT2D eigenvalue weighted by Crippen LogP contribution is 2.23. The quantitative estimate of drug-likeness (QED) is 0.526. The van der Waals surface area contributed by atoms with Gasteiger partial charge in [-0.3, -0.25) is 10.1 Å². The SMILES string of the molecule is C[C@H]([NH2+][C@@H](C)c1ccc(F)cc1F)c1nnc(-c2ccc([N+](=O)[O-])cc2)o1. The lowest BCUT2D eigenvalue weighted by Gasteiger charge is -2.15. The molecule has 0 saturated carbocycles. The van der Waals surface area contributed by atoms with Gasteiger partial charge in [0.25, 0.3) is 11.6 Å². The summed E-state index contributed by atoms with van der Waals surface area (Å²) in [6.45, 7) is 3.62. The van der Waals surface area contributed by atoms with Crippen LogP contribution in [0, 0.1) is 21.7 Å². The van der Waals surface area contributed by atoms with Gasteiger partial charge in [0.05, 0.1) is 4.92 Å². The standard InChI is InChI=1S/C18H16F2N4O3/c1-10(15-8-5-13(19)9-16(15)20)21-11(2)17-22-23-18(27-17)12-3-6-14(7-4-12)24(25)26/h3-11,21H,1-2H3/p+1/t10-,11-/m0/s1. The molecule has 0 radical (unpaired) electrons. The van der Waals surface area contributed by atoms with Crippen molar-refractivity contribution < 1.29 is 23.4 Å². The maximum atomic E-state index is 13.9. The summed E-state index contributed by atoms with van der Waals surface area (Å²) in [6, 6.07) is 8.67. The molecule has 0 aliphatic heterocycles. The summed E-state index contributed by atoms with van der Waals surface area (Å²) < 4.78 is 32.6. The highest BCUT2D eigenvalue weighted by atomic mass is 19.1.